The van der Waals surface area contributed by atoms with Crippen LogP contribution in [0.2, 0.25) is 0 Å². The maximum atomic E-state index is 12.1. The van der Waals surface area contributed by atoms with Crippen molar-refractivity contribution in [2.45, 2.75) is 29.6 Å². The van der Waals surface area contributed by atoms with Gasteiger partial charge >= 0.3 is 0 Å². The van der Waals surface area contributed by atoms with Crippen molar-refractivity contribution in [2.24, 2.45) is 5.92 Å². The molecule has 1 aromatic rings. The fraction of sp³-hybridized carbons (Fsp3) is 0.700. The van der Waals surface area contributed by atoms with Crippen LogP contribution in [0.15, 0.2) is 10.4 Å². The average Bonchev–Trinajstić information content (AvgIpc) is 2.97. The van der Waals surface area contributed by atoms with E-state index >= 15 is 0 Å². The monoisotopic (exact) mass is 274 g/mol. The summed E-state index contributed by atoms with van der Waals surface area (Å²) in [5.74, 6) is 0.303. The van der Waals surface area contributed by atoms with Crippen LogP contribution < -0.4 is 0 Å². The number of aryl methyl sites for hydroxylation is 1. The molecule has 2 heterocycles. The van der Waals surface area contributed by atoms with Crippen molar-refractivity contribution in [3.05, 3.63) is 11.2 Å². The van der Waals surface area contributed by atoms with Crippen molar-refractivity contribution in [1.29, 1.82) is 0 Å². The van der Waals surface area contributed by atoms with E-state index in [-0.39, 0.29) is 17.3 Å². The first-order valence-electron chi connectivity index (χ1n) is 5.57. The predicted octanol–water partition coefficient (Wildman–Crippen LogP) is 0.597. The molecule has 5 nitrogen and oxygen atoms in total. The number of hydrogen-bond donors (Lipinski definition) is 1. The summed E-state index contributed by atoms with van der Waals surface area (Å²) in [5.41, 5.74) is -0.771. The van der Waals surface area contributed by atoms with Gasteiger partial charge in [-0.05, 0) is 25.7 Å². The third kappa shape index (κ3) is 1.81. The highest BCUT2D eigenvalue weighted by Crippen LogP contribution is 2.46. The molecule has 0 unspecified atom stereocenters. The van der Waals surface area contributed by atoms with Gasteiger partial charge in [0.2, 0.25) is 0 Å². The van der Waals surface area contributed by atoms with Crippen LogP contribution in [0.3, 0.4) is 0 Å². The number of aromatic nitrogens is 1. The predicted molar refractivity (Wildman–Crippen MR) is 63.3 cm³/mol. The molecular formula is C10H14N2O3S2. The number of β-amino-alcohol motifs (C(OH)–C–C–N with tert-alkyl or cyclic N) is 1. The van der Waals surface area contributed by atoms with Crippen molar-refractivity contribution >= 4 is 21.4 Å². The topological polar surface area (TPSA) is 70.5 Å². The van der Waals surface area contributed by atoms with Crippen molar-refractivity contribution in [2.75, 3.05) is 13.1 Å². The molecular weight excluding hydrogens is 260 g/mol. The van der Waals surface area contributed by atoms with Crippen molar-refractivity contribution in [3.8, 4) is 0 Å². The van der Waals surface area contributed by atoms with Crippen LogP contribution in [-0.4, -0.2) is 41.5 Å². The van der Waals surface area contributed by atoms with Crippen LogP contribution >= 0.6 is 11.3 Å². The zero-order chi connectivity index (χ0) is 12.3. The number of aliphatic hydroxyl groups is 1. The highest BCUT2D eigenvalue weighted by molar-refractivity contribution is 7.91. The van der Waals surface area contributed by atoms with Gasteiger partial charge in [0.1, 0.15) is 0 Å². The van der Waals surface area contributed by atoms with E-state index in [1.54, 1.807) is 6.92 Å². The van der Waals surface area contributed by atoms with Crippen LogP contribution in [0.4, 0.5) is 0 Å². The average molecular weight is 274 g/mol. The maximum Gasteiger partial charge on any atom is 0.254 e. The lowest BCUT2D eigenvalue weighted by atomic mass is 9.91. The van der Waals surface area contributed by atoms with E-state index in [0.717, 1.165) is 17.8 Å². The van der Waals surface area contributed by atoms with Gasteiger partial charge in [-0.25, -0.2) is 13.4 Å². The van der Waals surface area contributed by atoms with Gasteiger partial charge in [0, 0.05) is 13.1 Å². The first-order valence-corrected chi connectivity index (χ1v) is 7.82. The second-order valence-electron chi connectivity index (χ2n) is 4.85. The number of rotatable bonds is 3. The molecule has 7 heteroatoms. The van der Waals surface area contributed by atoms with Gasteiger partial charge in [0.15, 0.2) is 4.21 Å². The second kappa shape index (κ2) is 3.50. The Bertz CT molecular complexity index is 542. The quantitative estimate of drug-likeness (QED) is 0.876. The van der Waals surface area contributed by atoms with E-state index in [2.05, 4.69) is 4.98 Å². The molecule has 2 fully saturated rings. The summed E-state index contributed by atoms with van der Waals surface area (Å²) >= 11 is 1.17. The van der Waals surface area contributed by atoms with E-state index in [0.29, 0.717) is 5.92 Å². The molecule has 0 radical (unpaired) electrons. The van der Waals surface area contributed by atoms with Gasteiger partial charge in [-0.2, -0.15) is 4.31 Å². The maximum absolute atomic E-state index is 12.1. The van der Waals surface area contributed by atoms with Gasteiger partial charge < -0.3 is 5.11 Å². The largest absolute Gasteiger partial charge is 0.387 e. The highest BCUT2D eigenvalue weighted by atomic mass is 32.2. The highest BCUT2D eigenvalue weighted by Gasteiger charge is 2.55. The second-order valence-corrected chi connectivity index (χ2v) is 8.25. The van der Waals surface area contributed by atoms with E-state index in [1.165, 1.54) is 21.8 Å². The molecule has 1 aromatic heterocycles. The molecule has 1 aliphatic carbocycles. The third-order valence-electron chi connectivity index (χ3n) is 3.43. The minimum absolute atomic E-state index is 0.233. The minimum Gasteiger partial charge on any atom is -0.387 e. The Kier molecular flexibility index (Phi) is 2.39. The Hall–Kier alpha value is -0.500. The van der Waals surface area contributed by atoms with E-state index in [4.69, 9.17) is 0 Å². The Morgan fingerprint density at radius 2 is 2.18 bits per heavy atom. The number of sulfonamides is 1. The van der Waals surface area contributed by atoms with Crippen LogP contribution in [0, 0.1) is 12.8 Å². The normalized spacial score (nSPS) is 24.6. The van der Waals surface area contributed by atoms with Crippen LogP contribution in [0.5, 0.6) is 0 Å². The first kappa shape index (κ1) is 11.6. The molecule has 2 aliphatic rings. The lowest BCUT2D eigenvalue weighted by Gasteiger charge is -2.45. The molecule has 0 amide bonds. The summed E-state index contributed by atoms with van der Waals surface area (Å²) in [4.78, 5) is 3.96. The first-order chi connectivity index (χ1) is 7.92. The molecule has 0 spiro atoms. The molecule has 94 valence electrons. The van der Waals surface area contributed by atoms with Crippen molar-refractivity contribution in [3.63, 3.8) is 0 Å². The van der Waals surface area contributed by atoms with E-state index in [9.17, 15) is 13.5 Å². The fourth-order valence-corrected chi connectivity index (χ4v) is 5.03. The number of thiazole rings is 1. The summed E-state index contributed by atoms with van der Waals surface area (Å²) in [5, 5.41) is 10.9. The Balaban J connectivity index is 1.78. The summed E-state index contributed by atoms with van der Waals surface area (Å²) in [7, 11) is -3.43. The lowest BCUT2D eigenvalue weighted by Crippen LogP contribution is -2.64. The minimum atomic E-state index is -3.43. The molecule has 3 rings (SSSR count). The van der Waals surface area contributed by atoms with Gasteiger partial charge in [0.05, 0.1) is 16.8 Å². The standard InChI is InChI=1S/C10H14N2O3S2/c1-7-11-4-9(16-7)17(14,15)12-5-10(13,6-12)8-2-3-8/h4,8,13H,2-3,5-6H2,1H3. The van der Waals surface area contributed by atoms with Gasteiger partial charge in [-0.3, -0.25) is 0 Å². The molecule has 1 aliphatic heterocycles. The van der Waals surface area contributed by atoms with Crippen LogP contribution in [-0.2, 0) is 10.0 Å². The molecule has 0 bridgehead atoms. The van der Waals surface area contributed by atoms with Crippen LogP contribution in [0.25, 0.3) is 0 Å². The Labute approximate surface area is 104 Å². The number of nitrogens with zero attached hydrogens (tertiary/aromatic N) is 2. The van der Waals surface area contributed by atoms with Gasteiger partial charge in [0.25, 0.3) is 10.0 Å². The summed E-state index contributed by atoms with van der Waals surface area (Å²) < 4.78 is 25.9. The zero-order valence-electron chi connectivity index (χ0n) is 9.46. The molecule has 1 N–H and O–H groups in total. The molecule has 1 saturated heterocycles. The van der Waals surface area contributed by atoms with Gasteiger partial charge in [-0.15, -0.1) is 11.3 Å². The summed E-state index contributed by atoms with van der Waals surface area (Å²) in [6.07, 6.45) is 3.43. The van der Waals surface area contributed by atoms with Crippen molar-refractivity contribution in [1.82, 2.24) is 9.29 Å². The van der Waals surface area contributed by atoms with E-state index < -0.39 is 15.6 Å². The summed E-state index contributed by atoms with van der Waals surface area (Å²) in [6, 6.07) is 0. The fourth-order valence-electron chi connectivity index (χ4n) is 2.20. The molecule has 1 saturated carbocycles. The van der Waals surface area contributed by atoms with Crippen molar-refractivity contribution < 1.29 is 13.5 Å². The zero-order valence-corrected chi connectivity index (χ0v) is 11.1. The third-order valence-corrected chi connectivity index (χ3v) is 6.57. The number of hydrogen-bond acceptors (Lipinski definition) is 5. The van der Waals surface area contributed by atoms with Crippen LogP contribution in [0.1, 0.15) is 17.8 Å². The molecule has 0 aromatic carbocycles. The van der Waals surface area contributed by atoms with E-state index in [1.807, 2.05) is 0 Å². The molecule has 0 atom stereocenters. The summed E-state index contributed by atoms with van der Waals surface area (Å²) in [6.45, 7) is 2.24. The Morgan fingerprint density at radius 3 is 2.65 bits per heavy atom. The molecule has 17 heavy (non-hydrogen) atoms. The van der Waals surface area contributed by atoms with Gasteiger partial charge in [-0.1, -0.05) is 0 Å². The smallest absolute Gasteiger partial charge is 0.254 e. The Morgan fingerprint density at radius 1 is 1.53 bits per heavy atom. The SMILES string of the molecule is Cc1ncc(S(=O)(=O)N2CC(O)(C3CC3)C2)s1. The lowest BCUT2D eigenvalue weighted by molar-refractivity contribution is -0.0764.